The Morgan fingerprint density at radius 2 is 2.03 bits per heavy atom. The number of nitrogens with one attached hydrogen (secondary N) is 2. The van der Waals surface area contributed by atoms with Crippen LogP contribution in [0.5, 0.6) is 0 Å². The lowest BCUT2D eigenvalue weighted by atomic mass is 9.70. The van der Waals surface area contributed by atoms with Crippen LogP contribution >= 0.6 is 15.9 Å². The van der Waals surface area contributed by atoms with Crippen LogP contribution in [0.3, 0.4) is 0 Å². The second-order valence-electron chi connectivity index (χ2n) is 10.6. The molecular weight excluding hydrogens is 556 g/mol. The minimum atomic E-state index is -1.18. The highest BCUT2D eigenvalue weighted by atomic mass is 79.9. The smallest absolute Gasteiger partial charge is 0.247 e. The van der Waals surface area contributed by atoms with Crippen molar-refractivity contribution in [2.45, 2.75) is 75.3 Å². The minimum absolute atomic E-state index is 0.0489. The van der Waals surface area contributed by atoms with Crippen molar-refractivity contribution in [1.82, 2.24) is 30.5 Å². The maximum atomic E-state index is 14.1. The monoisotopic (exact) mass is 590 g/mol. The Balaban J connectivity index is 1.50. The van der Waals surface area contributed by atoms with Gasteiger partial charge >= 0.3 is 0 Å². The van der Waals surface area contributed by atoms with Crippen LogP contribution < -0.4 is 10.6 Å². The zero-order valence-corrected chi connectivity index (χ0v) is 23.4. The molecular formula is C26H35BrN6O5. The Morgan fingerprint density at radius 1 is 1.26 bits per heavy atom. The van der Waals surface area contributed by atoms with Gasteiger partial charge in [0.25, 0.3) is 0 Å². The third-order valence-corrected chi connectivity index (χ3v) is 9.34. The molecule has 1 aromatic heterocycles. The number of halogens is 1. The standard InChI is InChI=1S/C26H35BrN6O5/c1-4-10-28-23(35)19-20-25(37)33(18(12-34)14(3)5-2)22(26(20)11-15(27)21(19)38-26)24(36)29-13-32-17-9-7-6-8-16(17)30-31-32/h6-9,14-15,18-22,34H,4-5,10-13H2,1-3H3,(H,28,35)(H,29,36)/t14-,15?,18-,19+,20-,21+,22?,26?/m0/s1. The molecule has 12 heteroatoms. The fraction of sp³-hybridized carbons (Fsp3) is 0.654. The Hall–Kier alpha value is -2.57. The van der Waals surface area contributed by atoms with E-state index in [0.717, 1.165) is 11.9 Å². The molecule has 38 heavy (non-hydrogen) atoms. The van der Waals surface area contributed by atoms with Crippen molar-refractivity contribution in [3.63, 3.8) is 0 Å². The molecule has 0 saturated carbocycles. The first kappa shape index (κ1) is 27.0. The molecule has 3 aliphatic rings. The van der Waals surface area contributed by atoms with Crippen molar-refractivity contribution in [3.05, 3.63) is 24.3 Å². The number of carbonyl (C=O) groups excluding carboxylic acids is 3. The number of aromatic nitrogens is 3. The van der Waals surface area contributed by atoms with Crippen LogP contribution in [-0.4, -0.2) is 84.5 Å². The third kappa shape index (κ3) is 4.12. The van der Waals surface area contributed by atoms with E-state index < -0.39 is 41.5 Å². The molecule has 0 radical (unpaired) electrons. The molecule has 2 bridgehead atoms. The summed E-state index contributed by atoms with van der Waals surface area (Å²) in [5.41, 5.74) is 0.290. The summed E-state index contributed by atoms with van der Waals surface area (Å²) in [6.07, 6.45) is 1.36. The van der Waals surface area contributed by atoms with Crippen LogP contribution in [0.25, 0.3) is 11.0 Å². The number of hydrogen-bond acceptors (Lipinski definition) is 7. The van der Waals surface area contributed by atoms with E-state index in [1.165, 1.54) is 4.90 Å². The van der Waals surface area contributed by atoms with Crippen molar-refractivity contribution in [3.8, 4) is 0 Å². The lowest BCUT2D eigenvalue weighted by Gasteiger charge is -2.38. The van der Waals surface area contributed by atoms with Gasteiger partial charge in [-0.15, -0.1) is 5.10 Å². The molecule has 206 valence electrons. The molecule has 4 heterocycles. The number of fused-ring (bicyclic) bond motifs is 2. The van der Waals surface area contributed by atoms with E-state index >= 15 is 0 Å². The van der Waals surface area contributed by atoms with Gasteiger partial charge in [0.05, 0.1) is 36.1 Å². The predicted octanol–water partition coefficient (Wildman–Crippen LogP) is 1.19. The van der Waals surface area contributed by atoms with Crippen molar-refractivity contribution in [2.24, 2.45) is 17.8 Å². The normalized spacial score (nSPS) is 31.4. The predicted molar refractivity (Wildman–Crippen MR) is 142 cm³/mol. The van der Waals surface area contributed by atoms with Gasteiger partial charge in [0.2, 0.25) is 17.7 Å². The second kappa shape index (κ2) is 10.5. The quantitative estimate of drug-likeness (QED) is 0.353. The second-order valence-corrected chi connectivity index (χ2v) is 11.8. The Labute approximate surface area is 229 Å². The first-order valence-corrected chi connectivity index (χ1v) is 14.3. The van der Waals surface area contributed by atoms with Crippen LogP contribution in [-0.2, 0) is 25.8 Å². The highest BCUT2D eigenvalue weighted by Crippen LogP contribution is 2.60. The zero-order valence-electron chi connectivity index (χ0n) is 21.8. The molecule has 3 aliphatic heterocycles. The van der Waals surface area contributed by atoms with Crippen molar-refractivity contribution in [1.29, 1.82) is 0 Å². The molecule has 3 amide bonds. The van der Waals surface area contributed by atoms with E-state index in [2.05, 4.69) is 36.9 Å². The average molecular weight is 592 g/mol. The number of likely N-dealkylation sites (tertiary alicyclic amines) is 1. The fourth-order valence-corrected chi connectivity index (χ4v) is 7.43. The number of rotatable bonds is 10. The lowest BCUT2D eigenvalue weighted by Crippen LogP contribution is -2.59. The number of benzene rings is 1. The Kier molecular flexibility index (Phi) is 7.49. The molecule has 8 atom stereocenters. The molecule has 5 rings (SSSR count). The SMILES string of the molecule is CCCNC(=O)[C@H]1[C@@H]2OC3(CC2Br)C(C(=O)NCn2nnc4ccccc42)N([C@@H](CO)[C@@H](C)CC)C(=O)[C@H]13. The van der Waals surface area contributed by atoms with Crippen LogP contribution in [0.1, 0.15) is 40.0 Å². The van der Waals surface area contributed by atoms with Gasteiger partial charge in [0.15, 0.2) is 0 Å². The third-order valence-electron chi connectivity index (χ3n) is 8.50. The number of ether oxygens (including phenoxy) is 1. The largest absolute Gasteiger partial charge is 0.394 e. The van der Waals surface area contributed by atoms with E-state index in [4.69, 9.17) is 4.74 Å². The topological polar surface area (TPSA) is 139 Å². The van der Waals surface area contributed by atoms with Gasteiger partial charge in [-0.25, -0.2) is 4.68 Å². The number of nitrogens with zero attached hydrogens (tertiary/aromatic N) is 4. The number of aliphatic hydroxyl groups excluding tert-OH is 1. The molecule has 1 spiro atoms. The first-order chi connectivity index (χ1) is 18.3. The van der Waals surface area contributed by atoms with Gasteiger partial charge in [-0.1, -0.05) is 60.5 Å². The van der Waals surface area contributed by atoms with Crippen LogP contribution in [0.15, 0.2) is 24.3 Å². The fourth-order valence-electron chi connectivity index (χ4n) is 6.49. The Bertz CT molecular complexity index is 1220. The van der Waals surface area contributed by atoms with Gasteiger partial charge in [0, 0.05) is 11.4 Å². The first-order valence-electron chi connectivity index (χ1n) is 13.4. The van der Waals surface area contributed by atoms with Crippen molar-refractivity contribution < 1.29 is 24.2 Å². The number of alkyl halides is 1. The Morgan fingerprint density at radius 3 is 2.74 bits per heavy atom. The number of amides is 3. The summed E-state index contributed by atoms with van der Waals surface area (Å²) in [6, 6.07) is 5.84. The maximum Gasteiger partial charge on any atom is 0.247 e. The van der Waals surface area contributed by atoms with Gasteiger partial charge in [0.1, 0.15) is 23.8 Å². The molecule has 3 fully saturated rings. The molecule has 0 aliphatic carbocycles. The lowest BCUT2D eigenvalue weighted by molar-refractivity contribution is -0.147. The molecule has 2 aromatic rings. The summed E-state index contributed by atoms with van der Waals surface area (Å²) in [5.74, 6) is -2.55. The average Bonchev–Trinajstić information content (AvgIpc) is 3.63. The molecule has 3 saturated heterocycles. The highest BCUT2D eigenvalue weighted by Gasteiger charge is 2.77. The van der Waals surface area contributed by atoms with E-state index in [1.807, 2.05) is 45.0 Å². The minimum Gasteiger partial charge on any atom is -0.394 e. The zero-order chi connectivity index (χ0) is 27.2. The molecule has 11 nitrogen and oxygen atoms in total. The number of aliphatic hydroxyl groups is 1. The number of para-hydroxylation sites is 1. The van der Waals surface area contributed by atoms with Gasteiger partial charge in [-0.2, -0.15) is 0 Å². The molecule has 3 unspecified atom stereocenters. The van der Waals surface area contributed by atoms with Crippen LogP contribution in [0, 0.1) is 17.8 Å². The maximum absolute atomic E-state index is 14.1. The molecule has 1 aromatic carbocycles. The van der Waals surface area contributed by atoms with Gasteiger partial charge in [-0.3, -0.25) is 14.4 Å². The summed E-state index contributed by atoms with van der Waals surface area (Å²) in [7, 11) is 0. The van der Waals surface area contributed by atoms with Crippen molar-refractivity contribution in [2.75, 3.05) is 13.2 Å². The summed E-state index contributed by atoms with van der Waals surface area (Å²) >= 11 is 3.68. The summed E-state index contributed by atoms with van der Waals surface area (Å²) in [4.78, 5) is 42.8. The van der Waals surface area contributed by atoms with E-state index in [9.17, 15) is 19.5 Å². The summed E-state index contributed by atoms with van der Waals surface area (Å²) in [6.45, 7) is 6.14. The highest BCUT2D eigenvalue weighted by molar-refractivity contribution is 9.09. The summed E-state index contributed by atoms with van der Waals surface area (Å²) in [5, 5.41) is 24.6. The van der Waals surface area contributed by atoms with Gasteiger partial charge < -0.3 is 25.4 Å². The van der Waals surface area contributed by atoms with Crippen LogP contribution in [0.4, 0.5) is 0 Å². The van der Waals surface area contributed by atoms with Crippen molar-refractivity contribution >= 4 is 44.7 Å². The van der Waals surface area contributed by atoms with E-state index in [-0.39, 0.29) is 35.8 Å². The number of carbonyl (C=O) groups is 3. The van der Waals surface area contributed by atoms with E-state index in [0.29, 0.717) is 24.9 Å². The number of hydrogen-bond donors (Lipinski definition) is 3. The van der Waals surface area contributed by atoms with Gasteiger partial charge in [-0.05, 0) is 30.9 Å². The molecule has 3 N–H and O–H groups in total. The summed E-state index contributed by atoms with van der Waals surface area (Å²) < 4.78 is 8.10. The van der Waals surface area contributed by atoms with E-state index in [1.54, 1.807) is 4.68 Å². The van der Waals surface area contributed by atoms with Crippen LogP contribution in [0.2, 0.25) is 0 Å².